The van der Waals surface area contributed by atoms with Crippen LogP contribution in [0.15, 0.2) is 54.6 Å². The van der Waals surface area contributed by atoms with Crippen LogP contribution >= 0.6 is 0 Å². The normalized spacial score (nSPS) is 12.3. The van der Waals surface area contributed by atoms with Crippen LogP contribution in [0.2, 0.25) is 0 Å². The zero-order valence-electron chi connectivity index (χ0n) is 14.8. The second-order valence-corrected chi connectivity index (χ2v) is 6.27. The first kappa shape index (κ1) is 18.3. The Balaban J connectivity index is 1.78. The Morgan fingerprint density at radius 2 is 1.71 bits per heavy atom. The van der Waals surface area contributed by atoms with Gasteiger partial charge < -0.3 is 14.7 Å². The van der Waals surface area contributed by atoms with Crippen molar-refractivity contribution >= 4 is 0 Å². The molecule has 2 aromatic carbocycles. The number of ether oxygens (including phenoxy) is 1. The number of phenols is 1. The highest BCUT2D eigenvalue weighted by atomic mass is 16.5. The molecule has 2 rings (SSSR count). The Hall–Kier alpha value is -2.00. The van der Waals surface area contributed by atoms with E-state index in [1.807, 2.05) is 42.5 Å². The summed E-state index contributed by atoms with van der Waals surface area (Å²) in [6, 6.07) is 18.0. The molecule has 0 aliphatic heterocycles. The van der Waals surface area contributed by atoms with Crippen molar-refractivity contribution in [2.45, 2.75) is 39.2 Å². The fraction of sp³-hybridized carbons (Fsp3) is 0.429. The minimum Gasteiger partial charge on any atom is -0.508 e. The van der Waals surface area contributed by atoms with Gasteiger partial charge in [0.25, 0.3) is 0 Å². The molecule has 0 saturated heterocycles. The van der Waals surface area contributed by atoms with Crippen molar-refractivity contribution in [1.82, 2.24) is 4.90 Å². The van der Waals surface area contributed by atoms with Crippen LogP contribution in [0.1, 0.15) is 32.3 Å². The van der Waals surface area contributed by atoms with Gasteiger partial charge in [-0.2, -0.15) is 0 Å². The highest BCUT2D eigenvalue weighted by Crippen LogP contribution is 2.14. The number of para-hydroxylation sites is 1. The van der Waals surface area contributed by atoms with Crippen LogP contribution in [-0.4, -0.2) is 35.7 Å². The highest BCUT2D eigenvalue weighted by Gasteiger charge is 2.13. The second kappa shape index (κ2) is 9.99. The average Bonchev–Trinajstić information content (AvgIpc) is 2.60. The van der Waals surface area contributed by atoms with E-state index in [2.05, 4.69) is 18.7 Å². The maximum atomic E-state index is 9.40. The van der Waals surface area contributed by atoms with Gasteiger partial charge in [-0.1, -0.05) is 37.3 Å². The van der Waals surface area contributed by atoms with Gasteiger partial charge in [-0.25, -0.2) is 0 Å². The molecule has 0 saturated carbocycles. The number of hydrogen-bond acceptors (Lipinski definition) is 3. The van der Waals surface area contributed by atoms with Gasteiger partial charge in [-0.15, -0.1) is 0 Å². The molecule has 0 radical (unpaired) electrons. The van der Waals surface area contributed by atoms with Gasteiger partial charge in [0, 0.05) is 12.6 Å². The number of nitrogens with zero attached hydrogens (tertiary/aromatic N) is 1. The van der Waals surface area contributed by atoms with Crippen molar-refractivity contribution in [3.63, 3.8) is 0 Å². The summed E-state index contributed by atoms with van der Waals surface area (Å²) in [7, 11) is 0. The van der Waals surface area contributed by atoms with Crippen molar-refractivity contribution in [3.8, 4) is 11.5 Å². The topological polar surface area (TPSA) is 32.7 Å². The van der Waals surface area contributed by atoms with Crippen molar-refractivity contribution < 1.29 is 9.84 Å². The lowest BCUT2D eigenvalue weighted by Crippen LogP contribution is -2.36. The van der Waals surface area contributed by atoms with Gasteiger partial charge in [0.1, 0.15) is 11.5 Å². The largest absolute Gasteiger partial charge is 0.508 e. The molecule has 130 valence electrons. The molecule has 0 amide bonds. The molecule has 0 heterocycles. The zero-order valence-corrected chi connectivity index (χ0v) is 14.8. The first-order valence-corrected chi connectivity index (χ1v) is 8.89. The van der Waals surface area contributed by atoms with E-state index in [0.717, 1.165) is 44.7 Å². The molecule has 1 unspecified atom stereocenters. The van der Waals surface area contributed by atoms with Gasteiger partial charge in [0.05, 0.1) is 6.61 Å². The lowest BCUT2D eigenvalue weighted by molar-refractivity contribution is 0.187. The predicted octanol–water partition coefficient (Wildman–Crippen LogP) is 4.50. The molecular weight excluding hydrogens is 298 g/mol. The third kappa shape index (κ3) is 6.25. The Labute approximate surface area is 145 Å². The third-order valence-corrected chi connectivity index (χ3v) is 4.20. The summed E-state index contributed by atoms with van der Waals surface area (Å²) in [5.74, 6) is 1.27. The molecule has 1 atom stereocenters. The highest BCUT2D eigenvalue weighted by molar-refractivity contribution is 5.26. The van der Waals surface area contributed by atoms with E-state index in [1.165, 1.54) is 5.56 Å². The van der Waals surface area contributed by atoms with Crippen LogP contribution in [-0.2, 0) is 6.42 Å². The predicted molar refractivity (Wildman–Crippen MR) is 99.7 cm³/mol. The molecule has 0 aromatic heterocycles. The van der Waals surface area contributed by atoms with Crippen LogP contribution in [0.4, 0.5) is 0 Å². The van der Waals surface area contributed by atoms with Gasteiger partial charge >= 0.3 is 0 Å². The summed E-state index contributed by atoms with van der Waals surface area (Å²) < 4.78 is 5.79. The minimum absolute atomic E-state index is 0.329. The minimum atomic E-state index is 0.329. The SMILES string of the molecule is CCCN(CCCOc1ccccc1)C(C)Cc1ccc(O)cc1. The lowest BCUT2D eigenvalue weighted by atomic mass is 10.1. The molecule has 0 aliphatic rings. The Morgan fingerprint density at radius 3 is 2.38 bits per heavy atom. The maximum absolute atomic E-state index is 9.40. The smallest absolute Gasteiger partial charge is 0.119 e. The molecule has 0 aliphatic carbocycles. The van der Waals surface area contributed by atoms with Crippen LogP contribution in [0, 0.1) is 0 Å². The van der Waals surface area contributed by atoms with E-state index in [-0.39, 0.29) is 0 Å². The van der Waals surface area contributed by atoms with Crippen molar-refractivity contribution in [2.24, 2.45) is 0 Å². The summed E-state index contributed by atoms with van der Waals surface area (Å²) >= 11 is 0. The number of aromatic hydroxyl groups is 1. The maximum Gasteiger partial charge on any atom is 0.119 e. The third-order valence-electron chi connectivity index (χ3n) is 4.20. The molecule has 3 nitrogen and oxygen atoms in total. The van der Waals surface area contributed by atoms with Crippen LogP contribution in [0.25, 0.3) is 0 Å². The molecule has 3 heteroatoms. The summed E-state index contributed by atoms with van der Waals surface area (Å²) in [6.07, 6.45) is 3.17. The number of benzene rings is 2. The Morgan fingerprint density at radius 1 is 1.00 bits per heavy atom. The molecule has 0 bridgehead atoms. The summed E-state index contributed by atoms with van der Waals surface area (Å²) in [6.45, 7) is 7.39. The number of hydrogen-bond donors (Lipinski definition) is 1. The van der Waals surface area contributed by atoms with E-state index in [0.29, 0.717) is 11.8 Å². The van der Waals surface area contributed by atoms with Gasteiger partial charge in [-0.3, -0.25) is 0 Å². The molecular formula is C21H29NO2. The van der Waals surface area contributed by atoms with Crippen molar-refractivity contribution in [2.75, 3.05) is 19.7 Å². The molecule has 24 heavy (non-hydrogen) atoms. The van der Waals surface area contributed by atoms with E-state index in [1.54, 1.807) is 12.1 Å². The lowest BCUT2D eigenvalue weighted by Gasteiger charge is -2.29. The molecule has 0 spiro atoms. The van der Waals surface area contributed by atoms with E-state index in [4.69, 9.17) is 4.74 Å². The van der Waals surface area contributed by atoms with Gasteiger partial charge in [-0.05, 0) is 62.6 Å². The summed E-state index contributed by atoms with van der Waals surface area (Å²) in [4.78, 5) is 2.53. The Bertz CT molecular complexity index is 568. The quantitative estimate of drug-likeness (QED) is 0.652. The standard InChI is InChI=1S/C21H29NO2/c1-3-14-22(15-7-16-24-21-8-5-4-6-9-21)18(2)17-19-10-12-20(23)13-11-19/h4-6,8-13,18,23H,3,7,14-17H2,1-2H3. The summed E-state index contributed by atoms with van der Waals surface area (Å²) in [5.41, 5.74) is 1.27. The van der Waals surface area contributed by atoms with Gasteiger partial charge in [0.2, 0.25) is 0 Å². The fourth-order valence-corrected chi connectivity index (χ4v) is 2.92. The number of phenolic OH excluding ortho intramolecular Hbond substituents is 1. The second-order valence-electron chi connectivity index (χ2n) is 6.27. The molecule has 2 aromatic rings. The van der Waals surface area contributed by atoms with E-state index in [9.17, 15) is 5.11 Å². The number of rotatable bonds is 10. The monoisotopic (exact) mass is 327 g/mol. The van der Waals surface area contributed by atoms with E-state index >= 15 is 0 Å². The van der Waals surface area contributed by atoms with Crippen LogP contribution < -0.4 is 4.74 Å². The summed E-state index contributed by atoms with van der Waals surface area (Å²) in [5, 5.41) is 9.40. The van der Waals surface area contributed by atoms with Crippen molar-refractivity contribution in [3.05, 3.63) is 60.2 Å². The first-order valence-electron chi connectivity index (χ1n) is 8.89. The molecule has 0 fully saturated rings. The zero-order chi connectivity index (χ0) is 17.2. The first-order chi connectivity index (χ1) is 11.7. The van der Waals surface area contributed by atoms with Gasteiger partial charge in [0.15, 0.2) is 0 Å². The molecule has 1 N–H and O–H groups in total. The average molecular weight is 327 g/mol. The van der Waals surface area contributed by atoms with E-state index < -0.39 is 0 Å². The van der Waals surface area contributed by atoms with Crippen LogP contribution in [0.3, 0.4) is 0 Å². The van der Waals surface area contributed by atoms with Crippen molar-refractivity contribution in [1.29, 1.82) is 0 Å². The van der Waals surface area contributed by atoms with Crippen LogP contribution in [0.5, 0.6) is 11.5 Å². The Kier molecular flexibility index (Phi) is 7.63. The fourth-order valence-electron chi connectivity index (χ4n) is 2.92.